The lowest BCUT2D eigenvalue weighted by molar-refractivity contribution is -0.122. The summed E-state index contributed by atoms with van der Waals surface area (Å²) in [4.78, 5) is 25.4. The van der Waals surface area contributed by atoms with Crippen molar-refractivity contribution >= 4 is 21.6 Å². The number of carbonyl (C=O) groups is 1. The molecule has 0 saturated carbocycles. The summed E-state index contributed by atoms with van der Waals surface area (Å²) in [5, 5.41) is 2.75. The molecule has 0 aliphatic heterocycles. The van der Waals surface area contributed by atoms with Crippen molar-refractivity contribution in [2.75, 3.05) is 4.72 Å². The second-order valence-electron chi connectivity index (χ2n) is 7.04. The fourth-order valence-electron chi connectivity index (χ4n) is 3.01. The molecule has 3 aromatic rings. The lowest BCUT2D eigenvalue weighted by Crippen LogP contribution is -2.35. The Bertz CT molecular complexity index is 1240. The minimum Gasteiger partial charge on any atom is -0.348 e. The van der Waals surface area contributed by atoms with Gasteiger partial charge in [0.25, 0.3) is 15.6 Å². The third-order valence-electron chi connectivity index (χ3n) is 4.74. The number of sulfonamides is 1. The van der Waals surface area contributed by atoms with E-state index in [1.165, 1.54) is 34.9 Å². The Morgan fingerprint density at radius 3 is 2.32 bits per heavy atom. The topological polar surface area (TPSA) is 97.3 Å². The number of nitrogens with zero attached hydrogens (tertiary/aromatic N) is 1. The summed E-state index contributed by atoms with van der Waals surface area (Å²) in [5.41, 5.74) is 0.415. The highest BCUT2D eigenvalue weighted by molar-refractivity contribution is 7.92. The van der Waals surface area contributed by atoms with Crippen molar-refractivity contribution in [2.45, 2.75) is 31.3 Å². The van der Waals surface area contributed by atoms with E-state index >= 15 is 0 Å². The van der Waals surface area contributed by atoms with Gasteiger partial charge in [0, 0.05) is 5.69 Å². The Labute approximate surface area is 179 Å². The van der Waals surface area contributed by atoms with Crippen LogP contribution in [0.4, 0.5) is 10.1 Å². The average molecular weight is 444 g/mol. The summed E-state index contributed by atoms with van der Waals surface area (Å²) >= 11 is 0. The van der Waals surface area contributed by atoms with Crippen LogP contribution in [0.2, 0.25) is 0 Å². The lowest BCUT2D eigenvalue weighted by Gasteiger charge is -2.17. The molecule has 3 rings (SSSR count). The van der Waals surface area contributed by atoms with Gasteiger partial charge in [-0.25, -0.2) is 12.8 Å². The number of carbonyl (C=O) groups excluding carboxylic acids is 1. The van der Waals surface area contributed by atoms with Gasteiger partial charge in [-0.3, -0.25) is 14.3 Å². The number of halogens is 1. The van der Waals surface area contributed by atoms with E-state index in [0.29, 0.717) is 11.3 Å². The average Bonchev–Trinajstić information content (AvgIpc) is 2.74. The number of hydrogen-bond donors (Lipinski definition) is 2. The summed E-state index contributed by atoms with van der Waals surface area (Å²) in [6.45, 7) is 3.09. The zero-order valence-electron chi connectivity index (χ0n) is 17.0. The molecular formula is C22H22FN3O4S. The van der Waals surface area contributed by atoms with Gasteiger partial charge >= 0.3 is 0 Å². The number of pyridine rings is 1. The number of hydrogen-bond acceptors (Lipinski definition) is 4. The molecule has 162 valence electrons. The van der Waals surface area contributed by atoms with Crippen LogP contribution in [0.3, 0.4) is 0 Å². The van der Waals surface area contributed by atoms with Crippen molar-refractivity contribution in [2.24, 2.45) is 0 Å². The molecular weight excluding hydrogens is 421 g/mol. The zero-order chi connectivity index (χ0) is 22.6. The molecule has 7 nitrogen and oxygen atoms in total. The van der Waals surface area contributed by atoms with E-state index < -0.39 is 27.5 Å². The lowest BCUT2D eigenvalue weighted by atomic mass is 10.1. The van der Waals surface area contributed by atoms with E-state index in [-0.39, 0.29) is 22.9 Å². The molecule has 0 unspecified atom stereocenters. The molecule has 1 atom stereocenters. The van der Waals surface area contributed by atoms with Crippen LogP contribution in [-0.2, 0) is 21.4 Å². The number of amides is 1. The highest BCUT2D eigenvalue weighted by Crippen LogP contribution is 2.15. The van der Waals surface area contributed by atoms with Gasteiger partial charge in [0.15, 0.2) is 0 Å². The summed E-state index contributed by atoms with van der Waals surface area (Å²) < 4.78 is 41.6. The van der Waals surface area contributed by atoms with Gasteiger partial charge in [-0.2, -0.15) is 0 Å². The second-order valence-corrected chi connectivity index (χ2v) is 8.72. The maximum Gasteiger partial charge on any atom is 0.275 e. The van der Waals surface area contributed by atoms with E-state index in [9.17, 15) is 22.4 Å². The summed E-state index contributed by atoms with van der Waals surface area (Å²) in [6, 6.07) is 15.9. The van der Waals surface area contributed by atoms with Gasteiger partial charge in [0.1, 0.15) is 18.0 Å². The fraction of sp³-hybridized carbons (Fsp3) is 0.182. The third-order valence-corrected chi connectivity index (χ3v) is 6.12. The molecule has 0 radical (unpaired) electrons. The number of anilines is 1. The normalized spacial score (nSPS) is 12.2. The zero-order valence-corrected chi connectivity index (χ0v) is 17.8. The van der Waals surface area contributed by atoms with Crippen LogP contribution in [0.1, 0.15) is 24.2 Å². The van der Waals surface area contributed by atoms with Crippen LogP contribution in [0.25, 0.3) is 0 Å². The van der Waals surface area contributed by atoms with Crippen molar-refractivity contribution < 1.29 is 17.6 Å². The molecule has 0 aliphatic carbocycles. The fourth-order valence-corrected chi connectivity index (χ4v) is 4.09. The number of aryl methyl sites for hydroxylation is 1. The second kappa shape index (κ2) is 9.13. The SMILES string of the molecule is Cc1ccc(NS(=O)(=O)c2ccccc2)c(=O)n1CC(=O)N[C@H](C)c1ccc(F)cc1. The van der Waals surface area contributed by atoms with Gasteiger partial charge in [-0.05, 0) is 55.8 Å². The van der Waals surface area contributed by atoms with Crippen molar-refractivity contribution in [3.63, 3.8) is 0 Å². The van der Waals surface area contributed by atoms with Crippen LogP contribution in [0.15, 0.2) is 76.4 Å². The Kier molecular flexibility index (Phi) is 6.55. The summed E-state index contributed by atoms with van der Waals surface area (Å²) in [7, 11) is -3.95. The molecule has 1 amide bonds. The third kappa shape index (κ3) is 5.37. The van der Waals surface area contributed by atoms with Crippen molar-refractivity contribution in [1.29, 1.82) is 0 Å². The van der Waals surface area contributed by atoms with Crippen LogP contribution in [0.5, 0.6) is 0 Å². The van der Waals surface area contributed by atoms with Crippen LogP contribution < -0.4 is 15.6 Å². The minimum absolute atomic E-state index is 0.0207. The number of aromatic nitrogens is 1. The molecule has 0 bridgehead atoms. The van der Waals surface area contributed by atoms with Crippen LogP contribution in [-0.4, -0.2) is 18.9 Å². The van der Waals surface area contributed by atoms with Crippen LogP contribution >= 0.6 is 0 Å². The van der Waals surface area contributed by atoms with Crippen molar-refractivity contribution in [3.05, 3.63) is 94.2 Å². The first-order chi connectivity index (χ1) is 14.7. The summed E-state index contributed by atoms with van der Waals surface area (Å²) in [6.07, 6.45) is 0. The predicted molar refractivity (Wildman–Crippen MR) is 116 cm³/mol. The van der Waals surface area contributed by atoms with E-state index in [0.717, 1.165) is 0 Å². The Morgan fingerprint density at radius 1 is 1.03 bits per heavy atom. The van der Waals surface area contributed by atoms with Gasteiger partial charge < -0.3 is 9.88 Å². The van der Waals surface area contributed by atoms with Gasteiger partial charge in [-0.15, -0.1) is 0 Å². The van der Waals surface area contributed by atoms with Crippen LogP contribution in [0, 0.1) is 12.7 Å². The largest absolute Gasteiger partial charge is 0.348 e. The smallest absolute Gasteiger partial charge is 0.275 e. The first-order valence-corrected chi connectivity index (χ1v) is 11.0. The maximum atomic E-state index is 13.1. The predicted octanol–water partition coefficient (Wildman–Crippen LogP) is 2.97. The van der Waals surface area contributed by atoms with E-state index in [1.54, 1.807) is 50.2 Å². The number of benzene rings is 2. The van der Waals surface area contributed by atoms with Crippen molar-refractivity contribution in [1.82, 2.24) is 9.88 Å². The number of rotatable bonds is 7. The molecule has 0 spiro atoms. The quantitative estimate of drug-likeness (QED) is 0.587. The first-order valence-electron chi connectivity index (χ1n) is 9.50. The van der Waals surface area contributed by atoms with E-state index in [1.807, 2.05) is 0 Å². The molecule has 2 aromatic carbocycles. The Balaban J connectivity index is 1.78. The highest BCUT2D eigenvalue weighted by Gasteiger charge is 2.18. The molecule has 9 heteroatoms. The monoisotopic (exact) mass is 443 g/mol. The standard InChI is InChI=1S/C22H22FN3O4S/c1-15-8-13-20(25-31(29,30)19-6-4-3-5-7-19)22(28)26(15)14-21(27)24-16(2)17-9-11-18(23)12-10-17/h3-13,16,25H,14H2,1-2H3,(H,24,27)/t16-/m1/s1. The summed E-state index contributed by atoms with van der Waals surface area (Å²) in [5.74, 6) is -0.815. The Morgan fingerprint density at radius 2 is 1.68 bits per heavy atom. The molecule has 1 aromatic heterocycles. The maximum absolute atomic E-state index is 13.1. The molecule has 31 heavy (non-hydrogen) atoms. The molecule has 2 N–H and O–H groups in total. The van der Waals surface area contributed by atoms with E-state index in [2.05, 4.69) is 10.0 Å². The van der Waals surface area contributed by atoms with Gasteiger partial charge in [-0.1, -0.05) is 30.3 Å². The Hall–Kier alpha value is -3.46. The minimum atomic E-state index is -3.95. The van der Waals surface area contributed by atoms with Crippen molar-refractivity contribution in [3.8, 4) is 0 Å². The molecule has 0 saturated heterocycles. The van der Waals surface area contributed by atoms with E-state index in [4.69, 9.17) is 0 Å². The molecule has 0 aliphatic rings. The number of nitrogens with one attached hydrogen (secondary N) is 2. The first kappa shape index (κ1) is 22.2. The van der Waals surface area contributed by atoms with Gasteiger partial charge in [0.05, 0.1) is 10.9 Å². The van der Waals surface area contributed by atoms with Gasteiger partial charge in [0.2, 0.25) is 5.91 Å². The highest BCUT2D eigenvalue weighted by atomic mass is 32.2. The molecule has 1 heterocycles. The molecule has 0 fully saturated rings.